The summed E-state index contributed by atoms with van der Waals surface area (Å²) in [5, 5.41) is 17.3. The van der Waals surface area contributed by atoms with Gasteiger partial charge in [0, 0.05) is 18.0 Å². The van der Waals surface area contributed by atoms with Gasteiger partial charge in [-0.2, -0.15) is 0 Å². The lowest BCUT2D eigenvalue weighted by molar-refractivity contribution is -0.132. The lowest BCUT2D eigenvalue weighted by atomic mass is 10.1. The third-order valence-electron chi connectivity index (χ3n) is 2.39. The highest BCUT2D eigenvalue weighted by atomic mass is 32.1. The van der Waals surface area contributed by atoms with Crippen molar-refractivity contribution in [3.8, 4) is 0 Å². The fourth-order valence-corrected chi connectivity index (χ4v) is 2.11. The predicted molar refractivity (Wildman–Crippen MR) is 63.2 cm³/mol. The van der Waals surface area contributed by atoms with Crippen LogP contribution >= 0.6 is 11.3 Å². The van der Waals surface area contributed by atoms with Crippen molar-refractivity contribution in [1.29, 1.82) is 0 Å². The second kappa shape index (κ2) is 5.13. The normalized spacial score (nSPS) is 19.8. The zero-order chi connectivity index (χ0) is 13.1. The van der Waals surface area contributed by atoms with Gasteiger partial charge in [0.25, 0.3) is 5.91 Å². The van der Waals surface area contributed by atoms with E-state index in [0.29, 0.717) is 0 Å². The summed E-state index contributed by atoms with van der Waals surface area (Å²) in [7, 11) is 0. The molecule has 1 aromatic heterocycles. The first-order valence-corrected chi connectivity index (χ1v) is 6.11. The van der Waals surface area contributed by atoms with Gasteiger partial charge < -0.3 is 15.3 Å². The summed E-state index contributed by atoms with van der Waals surface area (Å²) in [6.45, 7) is 1.80. The summed E-state index contributed by atoms with van der Waals surface area (Å²) in [4.78, 5) is 31.3. The molecule has 2 heterocycles. The summed E-state index contributed by atoms with van der Waals surface area (Å²) in [5.74, 6) is -1.56. The number of nitrogens with zero attached hydrogens (tertiary/aromatic N) is 2. The van der Waals surface area contributed by atoms with Gasteiger partial charge in [0.15, 0.2) is 5.71 Å². The van der Waals surface area contributed by atoms with Gasteiger partial charge >= 0.3 is 5.97 Å². The Morgan fingerprint density at radius 2 is 2.44 bits per heavy atom. The van der Waals surface area contributed by atoms with E-state index in [2.05, 4.69) is 15.5 Å². The molecule has 0 bridgehead atoms. The molecular formula is C10H11N3O4S. The molecule has 0 spiro atoms. The summed E-state index contributed by atoms with van der Waals surface area (Å²) < 4.78 is 0. The number of rotatable bonds is 4. The molecule has 1 aliphatic rings. The highest BCUT2D eigenvalue weighted by Gasteiger charge is 2.32. The molecule has 0 fully saturated rings. The van der Waals surface area contributed by atoms with Crippen LogP contribution in [0.15, 0.2) is 16.7 Å². The van der Waals surface area contributed by atoms with Crippen LogP contribution in [0.3, 0.4) is 0 Å². The molecule has 2 rings (SSSR count). The van der Waals surface area contributed by atoms with Crippen molar-refractivity contribution < 1.29 is 19.5 Å². The Kier molecular flexibility index (Phi) is 3.56. The molecule has 2 N–H and O–H groups in total. The predicted octanol–water partition coefficient (Wildman–Crippen LogP) is 0.550. The Hall–Kier alpha value is -1.96. The Bertz CT molecular complexity index is 485. The fourth-order valence-electron chi connectivity index (χ4n) is 1.46. The monoisotopic (exact) mass is 269 g/mol. The molecule has 0 radical (unpaired) electrons. The number of carbonyl (C=O) groups is 2. The van der Waals surface area contributed by atoms with E-state index in [0.717, 1.165) is 5.01 Å². The minimum absolute atomic E-state index is 0.0221. The van der Waals surface area contributed by atoms with Crippen LogP contribution in [0, 0.1) is 0 Å². The molecule has 0 saturated carbocycles. The maximum Gasteiger partial charge on any atom is 0.353 e. The van der Waals surface area contributed by atoms with Gasteiger partial charge in [0.05, 0.1) is 6.04 Å². The number of carboxylic acids is 1. The number of nitrogens with one attached hydrogen (secondary N) is 1. The van der Waals surface area contributed by atoms with Crippen LogP contribution in [0.1, 0.15) is 24.4 Å². The van der Waals surface area contributed by atoms with E-state index >= 15 is 0 Å². The van der Waals surface area contributed by atoms with E-state index < -0.39 is 18.0 Å². The molecule has 1 aliphatic heterocycles. The second-order valence-corrected chi connectivity index (χ2v) is 4.67. The number of aromatic nitrogens is 1. The molecule has 1 amide bonds. The summed E-state index contributed by atoms with van der Waals surface area (Å²) in [6.07, 6.45) is 0.755. The van der Waals surface area contributed by atoms with Crippen LogP contribution in [0.4, 0.5) is 0 Å². The third kappa shape index (κ3) is 2.65. The van der Waals surface area contributed by atoms with Gasteiger partial charge in [-0.1, -0.05) is 5.16 Å². The number of hydrogen-bond acceptors (Lipinski definition) is 6. The molecule has 18 heavy (non-hydrogen) atoms. The van der Waals surface area contributed by atoms with Crippen molar-refractivity contribution in [2.75, 3.05) is 0 Å². The zero-order valence-corrected chi connectivity index (χ0v) is 10.3. The summed E-state index contributed by atoms with van der Waals surface area (Å²) in [5.41, 5.74) is -0.142. The van der Waals surface area contributed by atoms with E-state index in [9.17, 15) is 9.59 Å². The highest BCUT2D eigenvalue weighted by molar-refractivity contribution is 7.09. The largest absolute Gasteiger partial charge is 0.477 e. The Morgan fingerprint density at radius 1 is 1.67 bits per heavy atom. The first kappa shape index (κ1) is 12.5. The van der Waals surface area contributed by atoms with Crippen molar-refractivity contribution in [2.45, 2.75) is 25.5 Å². The standard InChI is InChI=1S/C10H11N3O4S/c1-5(9-11-2-3-18-9)12-8(14)7-4-6(10(15)16)13-17-7/h2-3,5,7H,4H2,1H3,(H,12,14)(H,15,16). The van der Waals surface area contributed by atoms with Gasteiger partial charge in [-0.15, -0.1) is 11.3 Å². The van der Waals surface area contributed by atoms with Crippen molar-refractivity contribution in [3.63, 3.8) is 0 Å². The number of amides is 1. The zero-order valence-electron chi connectivity index (χ0n) is 9.49. The molecule has 0 aromatic carbocycles. The van der Waals surface area contributed by atoms with E-state index in [1.165, 1.54) is 11.3 Å². The van der Waals surface area contributed by atoms with Crippen molar-refractivity contribution in [1.82, 2.24) is 10.3 Å². The molecule has 7 nitrogen and oxygen atoms in total. The fraction of sp³-hybridized carbons (Fsp3) is 0.400. The number of carboxylic acid groups (broad SMARTS) is 1. The maximum absolute atomic E-state index is 11.8. The number of carbonyl (C=O) groups excluding carboxylic acids is 1. The minimum atomic E-state index is -1.17. The minimum Gasteiger partial charge on any atom is -0.477 e. The van der Waals surface area contributed by atoms with Crippen LogP contribution in [0.2, 0.25) is 0 Å². The molecule has 96 valence electrons. The SMILES string of the molecule is CC(NC(=O)C1CC(C(=O)O)=NO1)c1nccs1. The van der Waals surface area contributed by atoms with Crippen LogP contribution in [0.5, 0.6) is 0 Å². The van der Waals surface area contributed by atoms with Crippen LogP contribution in [-0.4, -0.2) is 33.8 Å². The van der Waals surface area contributed by atoms with Crippen LogP contribution < -0.4 is 5.32 Å². The van der Waals surface area contributed by atoms with Crippen LogP contribution in [-0.2, 0) is 14.4 Å². The quantitative estimate of drug-likeness (QED) is 0.831. The van der Waals surface area contributed by atoms with E-state index in [4.69, 9.17) is 9.94 Å². The van der Waals surface area contributed by atoms with Crippen molar-refractivity contribution in [3.05, 3.63) is 16.6 Å². The lowest BCUT2D eigenvalue weighted by Crippen LogP contribution is -2.36. The molecule has 2 unspecified atom stereocenters. The Balaban J connectivity index is 1.89. The molecule has 1 aromatic rings. The first-order chi connectivity index (χ1) is 8.58. The molecule has 8 heteroatoms. The number of oxime groups is 1. The van der Waals surface area contributed by atoms with Gasteiger partial charge in [-0.25, -0.2) is 9.78 Å². The maximum atomic E-state index is 11.8. The lowest BCUT2D eigenvalue weighted by Gasteiger charge is -2.13. The second-order valence-electron chi connectivity index (χ2n) is 3.74. The van der Waals surface area contributed by atoms with Crippen molar-refractivity contribution >= 4 is 28.9 Å². The van der Waals surface area contributed by atoms with Gasteiger partial charge in [0.2, 0.25) is 6.10 Å². The molecule has 2 atom stereocenters. The Morgan fingerprint density at radius 3 is 3.00 bits per heavy atom. The molecular weight excluding hydrogens is 258 g/mol. The number of aliphatic carboxylic acids is 1. The van der Waals surface area contributed by atoms with Crippen LogP contribution in [0.25, 0.3) is 0 Å². The van der Waals surface area contributed by atoms with E-state index in [1.54, 1.807) is 13.1 Å². The average molecular weight is 269 g/mol. The van der Waals surface area contributed by atoms with Gasteiger partial charge in [0.1, 0.15) is 5.01 Å². The summed E-state index contributed by atoms with van der Waals surface area (Å²) >= 11 is 1.43. The van der Waals surface area contributed by atoms with Gasteiger partial charge in [-0.05, 0) is 6.92 Å². The number of hydrogen-bond donors (Lipinski definition) is 2. The highest BCUT2D eigenvalue weighted by Crippen LogP contribution is 2.17. The Labute approximate surface area is 106 Å². The van der Waals surface area contributed by atoms with E-state index in [-0.39, 0.29) is 18.2 Å². The topological polar surface area (TPSA) is 101 Å². The first-order valence-electron chi connectivity index (χ1n) is 5.23. The molecule has 0 aliphatic carbocycles. The van der Waals surface area contributed by atoms with Gasteiger partial charge in [-0.3, -0.25) is 4.79 Å². The number of thiazole rings is 1. The van der Waals surface area contributed by atoms with Crippen molar-refractivity contribution in [2.24, 2.45) is 5.16 Å². The average Bonchev–Trinajstić information content (AvgIpc) is 3.00. The molecule has 0 saturated heterocycles. The summed E-state index contributed by atoms with van der Waals surface area (Å²) in [6, 6.07) is -0.241. The third-order valence-corrected chi connectivity index (χ3v) is 3.35. The van der Waals surface area contributed by atoms with E-state index in [1.807, 2.05) is 5.38 Å². The smallest absolute Gasteiger partial charge is 0.353 e.